The Morgan fingerprint density at radius 3 is 2.64 bits per heavy atom. The fraction of sp³-hybridized carbons (Fsp3) is 0.222. The number of hydrogen-bond donors (Lipinski definition) is 0. The van der Waals surface area contributed by atoms with Gasteiger partial charge in [-0.05, 0) is 36.4 Å². The lowest BCUT2D eigenvalue weighted by Crippen LogP contribution is -2.25. The topological polar surface area (TPSA) is 47.4 Å². The molecule has 0 N–H and O–H groups in total. The molecule has 1 amide bonds. The van der Waals surface area contributed by atoms with Gasteiger partial charge < -0.3 is 14.2 Å². The fourth-order valence-electron chi connectivity index (χ4n) is 2.34. The van der Waals surface area contributed by atoms with Gasteiger partial charge in [0.1, 0.15) is 18.2 Å². The second-order valence-corrected chi connectivity index (χ2v) is 7.43. The number of hydrogen-bond acceptors (Lipinski definition) is 4. The molecule has 0 aliphatic rings. The Morgan fingerprint density at radius 1 is 1.28 bits per heavy atom. The molecule has 0 saturated carbocycles. The Hall–Kier alpha value is -2.31. The number of carbonyl (C=O) groups excluding carboxylic acids is 1. The predicted octanol–water partition coefficient (Wildman–Crippen LogP) is 3.99. The summed E-state index contributed by atoms with van der Waals surface area (Å²) in [4.78, 5) is 19.4. The van der Waals surface area contributed by atoms with Crippen LogP contribution in [0.3, 0.4) is 0 Å². The first kappa shape index (κ1) is 17.5. The molecule has 25 heavy (non-hydrogen) atoms. The van der Waals surface area contributed by atoms with E-state index in [2.05, 4.69) is 4.98 Å². The molecule has 0 fully saturated rings. The smallest absolute Gasteiger partial charge is 0.253 e. The molecule has 3 rings (SSSR count). The molecule has 0 radical (unpaired) electrons. The van der Waals surface area contributed by atoms with Crippen LogP contribution in [0.4, 0.5) is 0 Å². The predicted molar refractivity (Wildman–Crippen MR) is 99.1 cm³/mol. The molecule has 3 aromatic rings. The van der Waals surface area contributed by atoms with Crippen LogP contribution < -0.4 is 4.74 Å². The van der Waals surface area contributed by atoms with E-state index in [1.54, 1.807) is 42.4 Å². The van der Waals surface area contributed by atoms with Crippen molar-refractivity contribution in [2.75, 3.05) is 7.05 Å². The maximum absolute atomic E-state index is 12.5. The molecular formula is C18H18ClN3O2S. The van der Waals surface area contributed by atoms with Crippen LogP contribution in [0.25, 0.3) is 0 Å². The highest BCUT2D eigenvalue weighted by atomic mass is 35.5. The molecule has 2 aromatic heterocycles. The third kappa shape index (κ3) is 4.41. The van der Waals surface area contributed by atoms with Gasteiger partial charge in [0.25, 0.3) is 5.91 Å². The summed E-state index contributed by atoms with van der Waals surface area (Å²) in [6, 6.07) is 10.9. The molecule has 0 spiro atoms. The van der Waals surface area contributed by atoms with Crippen LogP contribution >= 0.6 is 22.9 Å². The molecule has 1 aromatic carbocycles. The Bertz CT molecular complexity index is 857. The molecule has 0 unspecified atom stereocenters. The fourth-order valence-corrected chi connectivity index (χ4v) is 3.48. The second kappa shape index (κ2) is 7.72. The van der Waals surface area contributed by atoms with Crippen LogP contribution in [-0.2, 0) is 20.2 Å². The van der Waals surface area contributed by atoms with E-state index in [1.165, 1.54) is 11.3 Å². The highest BCUT2D eigenvalue weighted by molar-refractivity contribution is 7.16. The molecule has 2 heterocycles. The lowest BCUT2D eigenvalue weighted by atomic mass is 10.2. The maximum atomic E-state index is 12.5. The summed E-state index contributed by atoms with van der Waals surface area (Å²) in [7, 11) is 3.70. The van der Waals surface area contributed by atoms with E-state index < -0.39 is 0 Å². The average molecular weight is 376 g/mol. The van der Waals surface area contributed by atoms with Crippen molar-refractivity contribution < 1.29 is 9.53 Å². The number of nitrogens with zero attached hydrogens (tertiary/aromatic N) is 3. The Balaban J connectivity index is 1.59. The number of aryl methyl sites for hydroxylation is 1. The van der Waals surface area contributed by atoms with Crippen LogP contribution in [0.1, 0.15) is 21.1 Å². The number of halogens is 1. The van der Waals surface area contributed by atoms with Crippen molar-refractivity contribution in [3.05, 3.63) is 69.4 Å². The highest BCUT2D eigenvalue weighted by Gasteiger charge is 2.13. The first-order chi connectivity index (χ1) is 12.0. The third-order valence-corrected chi connectivity index (χ3v) is 4.97. The molecule has 0 atom stereocenters. The van der Waals surface area contributed by atoms with Crippen LogP contribution in [0.2, 0.25) is 4.34 Å². The molecule has 7 heteroatoms. The summed E-state index contributed by atoms with van der Waals surface area (Å²) < 4.78 is 8.34. The van der Waals surface area contributed by atoms with Crippen molar-refractivity contribution in [1.29, 1.82) is 0 Å². The molecule has 0 saturated heterocycles. The van der Waals surface area contributed by atoms with Gasteiger partial charge in [0.2, 0.25) is 0 Å². The summed E-state index contributed by atoms with van der Waals surface area (Å²) in [6.45, 7) is 0.920. The van der Waals surface area contributed by atoms with Gasteiger partial charge in [-0.1, -0.05) is 11.6 Å². The van der Waals surface area contributed by atoms with Gasteiger partial charge in [-0.2, -0.15) is 0 Å². The van der Waals surface area contributed by atoms with Crippen molar-refractivity contribution in [3.8, 4) is 5.75 Å². The van der Waals surface area contributed by atoms with Crippen molar-refractivity contribution in [1.82, 2.24) is 14.5 Å². The number of imidazole rings is 1. The maximum Gasteiger partial charge on any atom is 0.253 e. The summed E-state index contributed by atoms with van der Waals surface area (Å²) >= 11 is 7.41. The van der Waals surface area contributed by atoms with E-state index in [4.69, 9.17) is 16.3 Å². The van der Waals surface area contributed by atoms with Crippen molar-refractivity contribution in [2.45, 2.75) is 13.2 Å². The summed E-state index contributed by atoms with van der Waals surface area (Å²) in [5.41, 5.74) is 0.620. The SMILES string of the molecule is CN(Cc1ccc(Cl)s1)C(=O)c1ccc(OCc2nccn2C)cc1. The zero-order valence-electron chi connectivity index (χ0n) is 14.0. The number of aromatic nitrogens is 2. The van der Waals surface area contributed by atoms with Crippen LogP contribution in [-0.4, -0.2) is 27.4 Å². The van der Waals surface area contributed by atoms with Crippen LogP contribution in [0, 0.1) is 0 Å². The zero-order valence-corrected chi connectivity index (χ0v) is 15.5. The van der Waals surface area contributed by atoms with E-state index in [9.17, 15) is 4.79 Å². The number of carbonyl (C=O) groups is 1. The van der Waals surface area contributed by atoms with Crippen LogP contribution in [0.5, 0.6) is 5.75 Å². The van der Waals surface area contributed by atoms with Crippen molar-refractivity contribution in [2.24, 2.45) is 7.05 Å². The molecule has 130 valence electrons. The Kier molecular flexibility index (Phi) is 5.40. The minimum atomic E-state index is -0.0415. The normalized spacial score (nSPS) is 10.7. The molecule has 5 nitrogen and oxygen atoms in total. The van der Waals surface area contributed by atoms with Gasteiger partial charge in [-0.15, -0.1) is 11.3 Å². The monoisotopic (exact) mass is 375 g/mol. The van der Waals surface area contributed by atoms with Gasteiger partial charge in [0.05, 0.1) is 10.9 Å². The van der Waals surface area contributed by atoms with Gasteiger partial charge >= 0.3 is 0 Å². The number of thiophene rings is 1. The van der Waals surface area contributed by atoms with E-state index in [0.717, 1.165) is 15.0 Å². The molecule has 0 bridgehead atoms. The Morgan fingerprint density at radius 2 is 2.04 bits per heavy atom. The third-order valence-electron chi connectivity index (χ3n) is 3.76. The summed E-state index contributed by atoms with van der Waals surface area (Å²) in [5.74, 6) is 1.50. The van der Waals surface area contributed by atoms with E-state index in [1.807, 2.05) is 29.9 Å². The highest BCUT2D eigenvalue weighted by Crippen LogP contribution is 2.23. The summed E-state index contributed by atoms with van der Waals surface area (Å²) in [6.07, 6.45) is 3.61. The van der Waals surface area contributed by atoms with E-state index in [0.29, 0.717) is 24.5 Å². The minimum Gasteiger partial charge on any atom is -0.486 e. The largest absolute Gasteiger partial charge is 0.486 e. The van der Waals surface area contributed by atoms with E-state index in [-0.39, 0.29) is 5.91 Å². The quantitative estimate of drug-likeness (QED) is 0.654. The molecular weight excluding hydrogens is 358 g/mol. The average Bonchev–Trinajstić information content (AvgIpc) is 3.21. The first-order valence-electron chi connectivity index (χ1n) is 7.71. The molecule has 0 aliphatic carbocycles. The number of benzene rings is 1. The van der Waals surface area contributed by atoms with Gasteiger partial charge in [-0.25, -0.2) is 4.98 Å². The minimum absolute atomic E-state index is 0.0415. The first-order valence-corrected chi connectivity index (χ1v) is 8.91. The Labute approximate surface area is 155 Å². The number of ether oxygens (including phenoxy) is 1. The van der Waals surface area contributed by atoms with Gasteiger partial charge in [0, 0.05) is 36.9 Å². The van der Waals surface area contributed by atoms with Crippen molar-refractivity contribution >= 4 is 28.8 Å². The standard InChI is InChI=1S/C18H18ClN3O2S/c1-21-10-9-20-17(21)12-24-14-5-3-13(4-6-14)18(23)22(2)11-15-7-8-16(19)25-15/h3-10H,11-12H2,1-2H3. The zero-order chi connectivity index (χ0) is 17.8. The number of amides is 1. The van der Waals surface area contributed by atoms with Gasteiger partial charge in [-0.3, -0.25) is 4.79 Å². The van der Waals surface area contributed by atoms with Crippen molar-refractivity contribution in [3.63, 3.8) is 0 Å². The summed E-state index contributed by atoms with van der Waals surface area (Å²) in [5, 5.41) is 0. The lowest BCUT2D eigenvalue weighted by molar-refractivity contribution is 0.0786. The van der Waals surface area contributed by atoms with Crippen LogP contribution in [0.15, 0.2) is 48.8 Å². The molecule has 0 aliphatic heterocycles. The van der Waals surface area contributed by atoms with Gasteiger partial charge in [0.15, 0.2) is 0 Å². The lowest BCUT2D eigenvalue weighted by Gasteiger charge is -2.16. The van der Waals surface area contributed by atoms with E-state index >= 15 is 0 Å². The second-order valence-electron chi connectivity index (χ2n) is 5.63. The number of rotatable bonds is 6.